The summed E-state index contributed by atoms with van der Waals surface area (Å²) in [5.41, 5.74) is 1.01. The van der Waals surface area contributed by atoms with Crippen LogP contribution >= 0.6 is 0 Å². The van der Waals surface area contributed by atoms with Crippen molar-refractivity contribution in [2.24, 2.45) is 5.92 Å². The van der Waals surface area contributed by atoms with E-state index in [1.807, 2.05) is 19.9 Å². The summed E-state index contributed by atoms with van der Waals surface area (Å²) in [4.78, 5) is 8.61. The molecular weight excluding hydrogens is 202 g/mol. The summed E-state index contributed by atoms with van der Waals surface area (Å²) in [5, 5.41) is 3.37. The summed E-state index contributed by atoms with van der Waals surface area (Å²) in [6.07, 6.45) is 1.49. The van der Waals surface area contributed by atoms with Gasteiger partial charge in [-0.15, -0.1) is 0 Å². The largest absolute Gasteiger partial charge is 0.378 e. The van der Waals surface area contributed by atoms with Crippen LogP contribution in [0.25, 0.3) is 0 Å². The highest BCUT2D eigenvalue weighted by Crippen LogP contribution is 2.20. The van der Waals surface area contributed by atoms with Crippen LogP contribution in [0.2, 0.25) is 0 Å². The van der Waals surface area contributed by atoms with Gasteiger partial charge in [0.15, 0.2) is 0 Å². The standard InChI is InChI=1S/C12H19N3O/c1-8-6-12(15-10(3)14-8)13-7-11-4-5-16-9(11)2/h6,9,11H,4-5,7H2,1-3H3,(H,13,14,15). The SMILES string of the molecule is Cc1cc(NCC2CCOC2C)nc(C)n1. The Bertz CT molecular complexity index is 347. The van der Waals surface area contributed by atoms with Crippen molar-refractivity contribution in [3.8, 4) is 0 Å². The summed E-state index contributed by atoms with van der Waals surface area (Å²) < 4.78 is 5.53. The van der Waals surface area contributed by atoms with E-state index >= 15 is 0 Å². The molecule has 88 valence electrons. The van der Waals surface area contributed by atoms with Crippen molar-refractivity contribution < 1.29 is 4.74 Å². The van der Waals surface area contributed by atoms with Gasteiger partial charge in [-0.05, 0) is 27.2 Å². The van der Waals surface area contributed by atoms with Gasteiger partial charge < -0.3 is 10.1 Å². The predicted molar refractivity (Wildman–Crippen MR) is 63.5 cm³/mol. The van der Waals surface area contributed by atoms with E-state index in [0.29, 0.717) is 12.0 Å². The minimum atomic E-state index is 0.358. The molecule has 1 fully saturated rings. The van der Waals surface area contributed by atoms with Gasteiger partial charge >= 0.3 is 0 Å². The molecule has 0 amide bonds. The van der Waals surface area contributed by atoms with Gasteiger partial charge in [-0.25, -0.2) is 9.97 Å². The molecule has 1 aliphatic rings. The zero-order valence-corrected chi connectivity index (χ0v) is 10.2. The van der Waals surface area contributed by atoms with E-state index in [9.17, 15) is 0 Å². The van der Waals surface area contributed by atoms with Crippen LogP contribution in [-0.2, 0) is 4.74 Å². The third kappa shape index (κ3) is 2.70. The molecule has 0 saturated carbocycles. The number of hydrogen-bond acceptors (Lipinski definition) is 4. The van der Waals surface area contributed by atoms with Crippen LogP contribution in [0.1, 0.15) is 24.9 Å². The number of ether oxygens (including phenoxy) is 1. The number of nitrogens with zero attached hydrogens (tertiary/aromatic N) is 2. The van der Waals surface area contributed by atoms with Crippen LogP contribution in [0.4, 0.5) is 5.82 Å². The van der Waals surface area contributed by atoms with Crippen molar-refractivity contribution in [2.45, 2.75) is 33.3 Å². The highest BCUT2D eigenvalue weighted by molar-refractivity contribution is 5.35. The number of hydrogen-bond donors (Lipinski definition) is 1. The van der Waals surface area contributed by atoms with Crippen molar-refractivity contribution >= 4 is 5.82 Å². The Morgan fingerprint density at radius 1 is 1.44 bits per heavy atom. The predicted octanol–water partition coefficient (Wildman–Crippen LogP) is 1.93. The lowest BCUT2D eigenvalue weighted by atomic mass is 10.0. The van der Waals surface area contributed by atoms with E-state index in [1.54, 1.807) is 0 Å². The number of aromatic nitrogens is 2. The average Bonchev–Trinajstić information content (AvgIpc) is 2.59. The van der Waals surface area contributed by atoms with Crippen LogP contribution in [0.15, 0.2) is 6.07 Å². The molecule has 2 heterocycles. The molecule has 1 aromatic rings. The lowest BCUT2D eigenvalue weighted by Crippen LogP contribution is -2.21. The number of aryl methyl sites for hydroxylation is 2. The molecule has 2 unspecified atom stereocenters. The number of anilines is 1. The normalized spacial score (nSPS) is 24.7. The molecule has 0 spiro atoms. The summed E-state index contributed by atoms with van der Waals surface area (Å²) in [7, 11) is 0. The summed E-state index contributed by atoms with van der Waals surface area (Å²) >= 11 is 0. The smallest absolute Gasteiger partial charge is 0.129 e. The van der Waals surface area contributed by atoms with Crippen molar-refractivity contribution in [2.75, 3.05) is 18.5 Å². The van der Waals surface area contributed by atoms with Crippen LogP contribution in [0, 0.1) is 19.8 Å². The van der Waals surface area contributed by atoms with Gasteiger partial charge in [0, 0.05) is 30.8 Å². The Labute approximate surface area is 96.4 Å². The maximum absolute atomic E-state index is 5.53. The van der Waals surface area contributed by atoms with E-state index in [4.69, 9.17) is 4.74 Å². The first-order chi connectivity index (χ1) is 7.65. The highest BCUT2D eigenvalue weighted by Gasteiger charge is 2.23. The minimum absolute atomic E-state index is 0.358. The molecule has 0 bridgehead atoms. The first-order valence-corrected chi connectivity index (χ1v) is 5.83. The van der Waals surface area contributed by atoms with Gasteiger partial charge in [0.1, 0.15) is 11.6 Å². The van der Waals surface area contributed by atoms with Crippen LogP contribution in [0.5, 0.6) is 0 Å². The lowest BCUT2D eigenvalue weighted by molar-refractivity contribution is 0.108. The van der Waals surface area contributed by atoms with Crippen molar-refractivity contribution in [3.05, 3.63) is 17.6 Å². The minimum Gasteiger partial charge on any atom is -0.378 e. The summed E-state index contributed by atoms with van der Waals surface area (Å²) in [6, 6.07) is 1.98. The van der Waals surface area contributed by atoms with Gasteiger partial charge in [-0.1, -0.05) is 0 Å². The van der Waals surface area contributed by atoms with Crippen molar-refractivity contribution in [1.29, 1.82) is 0 Å². The maximum atomic E-state index is 5.53. The first kappa shape index (κ1) is 11.3. The van der Waals surface area contributed by atoms with E-state index < -0.39 is 0 Å². The highest BCUT2D eigenvalue weighted by atomic mass is 16.5. The van der Waals surface area contributed by atoms with Crippen molar-refractivity contribution in [3.63, 3.8) is 0 Å². The third-order valence-electron chi connectivity index (χ3n) is 3.04. The quantitative estimate of drug-likeness (QED) is 0.847. The second-order valence-electron chi connectivity index (χ2n) is 4.45. The van der Waals surface area contributed by atoms with Crippen LogP contribution < -0.4 is 5.32 Å². The van der Waals surface area contributed by atoms with E-state index in [-0.39, 0.29) is 0 Å². The fraction of sp³-hybridized carbons (Fsp3) is 0.667. The molecule has 1 saturated heterocycles. The second-order valence-corrected chi connectivity index (χ2v) is 4.45. The average molecular weight is 221 g/mol. The molecule has 1 aliphatic heterocycles. The molecule has 4 nitrogen and oxygen atoms in total. The molecule has 2 rings (SSSR count). The van der Waals surface area contributed by atoms with Gasteiger partial charge in [-0.2, -0.15) is 0 Å². The van der Waals surface area contributed by atoms with Crippen LogP contribution in [-0.4, -0.2) is 29.2 Å². The third-order valence-corrected chi connectivity index (χ3v) is 3.04. The molecule has 1 aromatic heterocycles. The first-order valence-electron chi connectivity index (χ1n) is 5.83. The molecule has 4 heteroatoms. The molecule has 16 heavy (non-hydrogen) atoms. The van der Waals surface area contributed by atoms with Gasteiger partial charge in [0.05, 0.1) is 6.10 Å². The molecular formula is C12H19N3O. The number of nitrogens with one attached hydrogen (secondary N) is 1. The van der Waals surface area contributed by atoms with Gasteiger partial charge in [0.25, 0.3) is 0 Å². The fourth-order valence-electron chi connectivity index (χ4n) is 2.09. The number of rotatable bonds is 3. The zero-order valence-electron chi connectivity index (χ0n) is 10.2. The Morgan fingerprint density at radius 3 is 2.88 bits per heavy atom. The zero-order chi connectivity index (χ0) is 11.5. The van der Waals surface area contributed by atoms with Gasteiger partial charge in [0.2, 0.25) is 0 Å². The fourth-order valence-corrected chi connectivity index (χ4v) is 2.09. The molecule has 0 aromatic carbocycles. The molecule has 2 atom stereocenters. The Morgan fingerprint density at radius 2 is 2.25 bits per heavy atom. The maximum Gasteiger partial charge on any atom is 0.129 e. The Kier molecular flexibility index (Phi) is 3.39. The summed E-state index contributed by atoms with van der Waals surface area (Å²) in [6.45, 7) is 7.85. The van der Waals surface area contributed by atoms with Crippen molar-refractivity contribution in [1.82, 2.24) is 9.97 Å². The Hall–Kier alpha value is -1.16. The molecule has 0 radical (unpaired) electrons. The molecule has 0 aliphatic carbocycles. The summed E-state index contributed by atoms with van der Waals surface area (Å²) in [5.74, 6) is 2.33. The van der Waals surface area contributed by atoms with Gasteiger partial charge in [-0.3, -0.25) is 0 Å². The van der Waals surface area contributed by atoms with Crippen LogP contribution in [0.3, 0.4) is 0 Å². The second kappa shape index (κ2) is 4.78. The monoisotopic (exact) mass is 221 g/mol. The van der Waals surface area contributed by atoms with E-state index in [2.05, 4.69) is 22.2 Å². The Balaban J connectivity index is 1.94. The molecule has 1 N–H and O–H groups in total. The van der Waals surface area contributed by atoms with E-state index in [1.165, 1.54) is 0 Å². The topological polar surface area (TPSA) is 47.0 Å². The lowest BCUT2D eigenvalue weighted by Gasteiger charge is -2.15. The van der Waals surface area contributed by atoms with E-state index in [0.717, 1.165) is 36.9 Å².